The molecule has 2 aromatic rings. The molecule has 3 nitrogen and oxygen atoms in total. The van der Waals surface area contributed by atoms with Gasteiger partial charge in [-0.25, -0.2) is 9.37 Å². The predicted molar refractivity (Wildman–Crippen MR) is 60.8 cm³/mol. The first-order valence-electron chi connectivity index (χ1n) is 4.60. The van der Waals surface area contributed by atoms with E-state index in [1.54, 1.807) is 16.8 Å². The Balaban J connectivity index is 2.30. The van der Waals surface area contributed by atoms with Crippen molar-refractivity contribution in [3.8, 4) is 0 Å². The highest BCUT2D eigenvalue weighted by molar-refractivity contribution is 9.10. The smallest absolute Gasteiger partial charge is 0.185 e. The Kier molecular flexibility index (Phi) is 3.14. The number of aldehydes is 1. The van der Waals surface area contributed by atoms with Crippen molar-refractivity contribution in [2.45, 2.75) is 6.54 Å². The van der Waals surface area contributed by atoms with Crippen LogP contribution in [0.1, 0.15) is 16.2 Å². The van der Waals surface area contributed by atoms with Crippen molar-refractivity contribution in [1.82, 2.24) is 9.55 Å². The minimum atomic E-state index is -0.308. The van der Waals surface area contributed by atoms with E-state index in [-0.39, 0.29) is 5.82 Å². The van der Waals surface area contributed by atoms with Crippen LogP contribution in [0, 0.1) is 5.82 Å². The Hall–Kier alpha value is -1.49. The van der Waals surface area contributed by atoms with Crippen LogP contribution in [-0.2, 0) is 6.54 Å². The average Bonchev–Trinajstić information content (AvgIpc) is 2.63. The SMILES string of the molecule is O=Cc1nccn1Cc1cc(F)cc(Br)c1. The third-order valence-corrected chi connectivity index (χ3v) is 2.59. The van der Waals surface area contributed by atoms with Gasteiger partial charge in [-0.2, -0.15) is 0 Å². The van der Waals surface area contributed by atoms with E-state index in [0.29, 0.717) is 23.1 Å². The van der Waals surface area contributed by atoms with Crippen molar-refractivity contribution in [2.75, 3.05) is 0 Å². The molecular formula is C11H8BrFN2O. The molecule has 0 unspecified atom stereocenters. The van der Waals surface area contributed by atoms with Gasteiger partial charge < -0.3 is 4.57 Å². The van der Waals surface area contributed by atoms with Crippen LogP contribution >= 0.6 is 15.9 Å². The molecule has 1 aromatic heterocycles. The molecule has 2 rings (SSSR count). The first-order valence-corrected chi connectivity index (χ1v) is 5.39. The van der Waals surface area contributed by atoms with E-state index in [2.05, 4.69) is 20.9 Å². The van der Waals surface area contributed by atoms with Crippen LogP contribution in [0.2, 0.25) is 0 Å². The van der Waals surface area contributed by atoms with Gasteiger partial charge in [-0.05, 0) is 23.8 Å². The summed E-state index contributed by atoms with van der Waals surface area (Å²) in [5.41, 5.74) is 0.771. The molecule has 0 aliphatic rings. The summed E-state index contributed by atoms with van der Waals surface area (Å²) in [6, 6.07) is 4.62. The van der Waals surface area contributed by atoms with E-state index < -0.39 is 0 Å². The molecule has 16 heavy (non-hydrogen) atoms. The normalized spacial score (nSPS) is 10.4. The Labute approximate surface area is 100 Å². The van der Waals surface area contributed by atoms with E-state index in [1.165, 1.54) is 18.3 Å². The Morgan fingerprint density at radius 2 is 2.25 bits per heavy atom. The summed E-state index contributed by atoms with van der Waals surface area (Å²) in [5.74, 6) is 0.0255. The summed E-state index contributed by atoms with van der Waals surface area (Å²) >= 11 is 3.22. The lowest BCUT2D eigenvalue weighted by atomic mass is 10.2. The first-order chi connectivity index (χ1) is 7.69. The monoisotopic (exact) mass is 282 g/mol. The van der Waals surface area contributed by atoms with E-state index in [4.69, 9.17) is 0 Å². The van der Waals surface area contributed by atoms with Crippen LogP contribution in [0.25, 0.3) is 0 Å². The fourth-order valence-electron chi connectivity index (χ4n) is 1.47. The van der Waals surface area contributed by atoms with Crippen molar-refractivity contribution in [3.05, 3.63) is 52.3 Å². The number of benzene rings is 1. The Morgan fingerprint density at radius 1 is 1.44 bits per heavy atom. The molecule has 0 radical (unpaired) electrons. The summed E-state index contributed by atoms with van der Waals surface area (Å²) in [5, 5.41) is 0. The lowest BCUT2D eigenvalue weighted by molar-refractivity contribution is 0.111. The van der Waals surface area contributed by atoms with Crippen LogP contribution in [0.3, 0.4) is 0 Å². The standard InChI is InChI=1S/C11H8BrFN2O/c12-9-3-8(4-10(13)5-9)6-15-2-1-14-11(15)7-16/h1-5,7H,6H2. The lowest BCUT2D eigenvalue weighted by Crippen LogP contribution is -2.03. The van der Waals surface area contributed by atoms with Gasteiger partial charge in [0.2, 0.25) is 0 Å². The van der Waals surface area contributed by atoms with Crippen LogP contribution in [0.15, 0.2) is 35.1 Å². The van der Waals surface area contributed by atoms with E-state index in [9.17, 15) is 9.18 Å². The zero-order valence-electron chi connectivity index (χ0n) is 8.23. The maximum Gasteiger partial charge on any atom is 0.185 e. The highest BCUT2D eigenvalue weighted by atomic mass is 79.9. The number of aromatic nitrogens is 2. The molecule has 1 aromatic carbocycles. The molecule has 0 N–H and O–H groups in total. The molecule has 0 amide bonds. The fraction of sp³-hybridized carbons (Fsp3) is 0.0909. The molecule has 0 spiro atoms. The summed E-state index contributed by atoms with van der Waals surface area (Å²) in [6.07, 6.45) is 3.90. The molecule has 82 valence electrons. The second kappa shape index (κ2) is 4.57. The van der Waals surface area contributed by atoms with E-state index >= 15 is 0 Å². The minimum absolute atomic E-state index is 0.308. The maximum absolute atomic E-state index is 13.1. The number of imidazole rings is 1. The fourth-order valence-corrected chi connectivity index (χ4v) is 1.98. The van der Waals surface area contributed by atoms with E-state index in [1.807, 2.05) is 0 Å². The third-order valence-electron chi connectivity index (χ3n) is 2.13. The average molecular weight is 283 g/mol. The van der Waals surface area contributed by atoms with Gasteiger partial charge in [0.15, 0.2) is 12.1 Å². The van der Waals surface area contributed by atoms with Crippen molar-refractivity contribution >= 4 is 22.2 Å². The second-order valence-electron chi connectivity index (χ2n) is 3.31. The van der Waals surface area contributed by atoms with Gasteiger partial charge in [-0.1, -0.05) is 15.9 Å². The second-order valence-corrected chi connectivity index (χ2v) is 4.22. The molecule has 0 aliphatic carbocycles. The Bertz CT molecular complexity index is 504. The van der Waals surface area contributed by atoms with Crippen LogP contribution in [0.5, 0.6) is 0 Å². The van der Waals surface area contributed by atoms with Gasteiger partial charge in [0, 0.05) is 23.4 Å². The topological polar surface area (TPSA) is 34.9 Å². The highest BCUT2D eigenvalue weighted by Gasteiger charge is 2.04. The number of hydrogen-bond acceptors (Lipinski definition) is 2. The summed E-state index contributed by atoms with van der Waals surface area (Å²) < 4.78 is 15.5. The zero-order chi connectivity index (χ0) is 11.5. The molecule has 0 saturated carbocycles. The van der Waals surface area contributed by atoms with Crippen molar-refractivity contribution in [3.63, 3.8) is 0 Å². The van der Waals surface area contributed by atoms with Crippen molar-refractivity contribution in [1.29, 1.82) is 0 Å². The van der Waals surface area contributed by atoms with Gasteiger partial charge in [-0.15, -0.1) is 0 Å². The quantitative estimate of drug-likeness (QED) is 0.812. The number of carbonyl (C=O) groups is 1. The van der Waals surface area contributed by atoms with Crippen molar-refractivity contribution < 1.29 is 9.18 Å². The predicted octanol–water partition coefficient (Wildman–Crippen LogP) is 2.65. The van der Waals surface area contributed by atoms with Crippen LogP contribution in [0.4, 0.5) is 4.39 Å². The van der Waals surface area contributed by atoms with Crippen molar-refractivity contribution in [2.24, 2.45) is 0 Å². The molecule has 0 fully saturated rings. The minimum Gasteiger partial charge on any atom is -0.324 e. The number of halogens is 2. The van der Waals surface area contributed by atoms with Crippen LogP contribution < -0.4 is 0 Å². The number of carbonyl (C=O) groups excluding carboxylic acids is 1. The number of nitrogens with zero attached hydrogens (tertiary/aromatic N) is 2. The van der Waals surface area contributed by atoms with Gasteiger partial charge in [0.25, 0.3) is 0 Å². The Morgan fingerprint density at radius 3 is 2.94 bits per heavy atom. The maximum atomic E-state index is 13.1. The molecule has 0 atom stereocenters. The first kappa shape index (κ1) is 11.0. The number of rotatable bonds is 3. The highest BCUT2D eigenvalue weighted by Crippen LogP contribution is 2.16. The largest absolute Gasteiger partial charge is 0.324 e. The zero-order valence-corrected chi connectivity index (χ0v) is 9.82. The molecule has 0 aliphatic heterocycles. The molecule has 0 saturated heterocycles. The van der Waals surface area contributed by atoms with Gasteiger partial charge in [-0.3, -0.25) is 4.79 Å². The summed E-state index contributed by atoms with van der Waals surface area (Å²) in [4.78, 5) is 14.5. The summed E-state index contributed by atoms with van der Waals surface area (Å²) in [7, 11) is 0. The molecule has 0 bridgehead atoms. The molecular weight excluding hydrogens is 275 g/mol. The summed E-state index contributed by atoms with van der Waals surface area (Å²) in [6.45, 7) is 0.421. The van der Waals surface area contributed by atoms with Crippen LogP contribution in [-0.4, -0.2) is 15.8 Å². The van der Waals surface area contributed by atoms with Gasteiger partial charge >= 0.3 is 0 Å². The van der Waals surface area contributed by atoms with Gasteiger partial charge in [0.05, 0.1) is 0 Å². The molecule has 1 heterocycles. The third kappa shape index (κ3) is 2.36. The van der Waals surface area contributed by atoms with Gasteiger partial charge in [0.1, 0.15) is 5.82 Å². The number of hydrogen-bond donors (Lipinski definition) is 0. The lowest BCUT2D eigenvalue weighted by Gasteiger charge is -2.05. The molecule has 5 heteroatoms. The van der Waals surface area contributed by atoms with E-state index in [0.717, 1.165) is 5.56 Å².